The van der Waals surface area contributed by atoms with E-state index >= 15 is 0 Å². The van der Waals surface area contributed by atoms with E-state index in [1.165, 1.54) is 0 Å². The van der Waals surface area contributed by atoms with Crippen LogP contribution in [0, 0.1) is 0 Å². The van der Waals surface area contributed by atoms with Gasteiger partial charge in [0.1, 0.15) is 4.99 Å². The zero-order chi connectivity index (χ0) is 8.15. The summed E-state index contributed by atoms with van der Waals surface area (Å²) in [6.45, 7) is 7.95. The van der Waals surface area contributed by atoms with Crippen molar-refractivity contribution in [3.63, 3.8) is 0 Å². The van der Waals surface area contributed by atoms with Crippen LogP contribution in [0.4, 0.5) is 0 Å². The van der Waals surface area contributed by atoms with Crippen LogP contribution in [0.2, 0.25) is 0 Å². The fourth-order valence-corrected chi connectivity index (χ4v) is 0.625. The normalized spacial score (nSPS) is 9.10. The maximum absolute atomic E-state index is 9.12. The average molecular weight is 159 g/mol. The zero-order valence-corrected chi connectivity index (χ0v) is 7.24. The maximum Gasteiger partial charge on any atom is 0.128 e. The lowest BCUT2D eigenvalue weighted by Crippen LogP contribution is -2.26. The molecular formula is C7H13NOS. The van der Waals surface area contributed by atoms with Gasteiger partial charge in [0.2, 0.25) is 0 Å². The summed E-state index contributed by atoms with van der Waals surface area (Å²) in [5.41, 5.74) is 0.728. The molecular weight excluding hydrogens is 146 g/mol. The first-order valence-electron chi connectivity index (χ1n) is 3.25. The van der Waals surface area contributed by atoms with Gasteiger partial charge in [-0.1, -0.05) is 25.7 Å². The van der Waals surface area contributed by atoms with Gasteiger partial charge >= 0.3 is 0 Å². The van der Waals surface area contributed by atoms with Crippen LogP contribution in [0.15, 0.2) is 12.2 Å². The SMILES string of the molecule is C=C(C)C(=S)N(O)CCC. The summed E-state index contributed by atoms with van der Waals surface area (Å²) in [5.74, 6) is 0. The largest absolute Gasteiger partial charge is 0.288 e. The average Bonchev–Trinajstić information content (AvgIpc) is 1.87. The Kier molecular flexibility index (Phi) is 4.23. The van der Waals surface area contributed by atoms with Gasteiger partial charge in [-0.2, -0.15) is 0 Å². The Bertz CT molecular complexity index is 145. The van der Waals surface area contributed by atoms with Crippen LogP contribution < -0.4 is 0 Å². The molecule has 2 nitrogen and oxygen atoms in total. The van der Waals surface area contributed by atoms with Crippen molar-refractivity contribution >= 4 is 17.2 Å². The minimum atomic E-state index is 0.432. The van der Waals surface area contributed by atoms with E-state index in [2.05, 4.69) is 6.58 Å². The molecule has 0 aliphatic carbocycles. The lowest BCUT2D eigenvalue weighted by atomic mass is 10.3. The van der Waals surface area contributed by atoms with Crippen molar-refractivity contribution in [3.05, 3.63) is 12.2 Å². The molecule has 0 saturated heterocycles. The second-order valence-electron chi connectivity index (χ2n) is 2.21. The lowest BCUT2D eigenvalue weighted by Gasteiger charge is -2.15. The molecule has 0 amide bonds. The van der Waals surface area contributed by atoms with Gasteiger partial charge in [0, 0.05) is 6.54 Å². The van der Waals surface area contributed by atoms with Crippen molar-refractivity contribution in [1.82, 2.24) is 5.06 Å². The third kappa shape index (κ3) is 2.94. The molecule has 0 radical (unpaired) electrons. The van der Waals surface area contributed by atoms with Gasteiger partial charge in [-0.05, 0) is 18.9 Å². The van der Waals surface area contributed by atoms with Gasteiger partial charge in [0.05, 0.1) is 0 Å². The molecule has 0 spiro atoms. The van der Waals surface area contributed by atoms with Crippen LogP contribution in [0.1, 0.15) is 20.3 Å². The monoisotopic (exact) mass is 159 g/mol. The molecule has 58 valence electrons. The topological polar surface area (TPSA) is 23.5 Å². The van der Waals surface area contributed by atoms with Crippen molar-refractivity contribution in [2.24, 2.45) is 0 Å². The summed E-state index contributed by atoms with van der Waals surface area (Å²) in [4.78, 5) is 0.432. The molecule has 0 bridgehead atoms. The summed E-state index contributed by atoms with van der Waals surface area (Å²) >= 11 is 4.84. The molecule has 0 aromatic heterocycles. The molecule has 3 heteroatoms. The second-order valence-corrected chi connectivity index (χ2v) is 2.60. The molecule has 0 aromatic carbocycles. The van der Waals surface area contributed by atoms with Crippen molar-refractivity contribution in [3.8, 4) is 0 Å². The van der Waals surface area contributed by atoms with E-state index in [4.69, 9.17) is 17.4 Å². The highest BCUT2D eigenvalue weighted by Gasteiger charge is 2.03. The molecule has 0 aliphatic heterocycles. The minimum absolute atomic E-state index is 0.432. The Hall–Kier alpha value is -0.410. The van der Waals surface area contributed by atoms with Gasteiger partial charge in [0.25, 0.3) is 0 Å². The molecule has 0 rings (SSSR count). The molecule has 10 heavy (non-hydrogen) atoms. The Morgan fingerprint density at radius 2 is 2.20 bits per heavy atom. The third-order valence-electron chi connectivity index (χ3n) is 1.03. The summed E-state index contributed by atoms with van der Waals surface area (Å²) < 4.78 is 0. The van der Waals surface area contributed by atoms with Crippen LogP contribution in [0.25, 0.3) is 0 Å². The van der Waals surface area contributed by atoms with Gasteiger partial charge in [0.15, 0.2) is 0 Å². The van der Waals surface area contributed by atoms with E-state index in [1.54, 1.807) is 6.92 Å². The summed E-state index contributed by atoms with van der Waals surface area (Å²) in [6, 6.07) is 0. The molecule has 0 unspecified atom stereocenters. The fourth-order valence-electron chi connectivity index (χ4n) is 0.534. The first-order valence-corrected chi connectivity index (χ1v) is 3.66. The van der Waals surface area contributed by atoms with Crippen molar-refractivity contribution in [2.45, 2.75) is 20.3 Å². The van der Waals surface area contributed by atoms with E-state index in [1.807, 2.05) is 6.92 Å². The van der Waals surface area contributed by atoms with Crippen molar-refractivity contribution in [1.29, 1.82) is 0 Å². The Balaban J connectivity index is 3.82. The first-order chi connectivity index (χ1) is 4.59. The van der Waals surface area contributed by atoms with Crippen LogP contribution in [-0.2, 0) is 0 Å². The summed E-state index contributed by atoms with van der Waals surface area (Å²) in [5, 5.41) is 10.2. The maximum atomic E-state index is 9.12. The predicted molar refractivity (Wildman–Crippen MR) is 46.2 cm³/mol. The lowest BCUT2D eigenvalue weighted by molar-refractivity contribution is -0.0107. The van der Waals surface area contributed by atoms with Gasteiger partial charge in [-0.25, -0.2) is 5.06 Å². The second kappa shape index (κ2) is 4.41. The highest BCUT2D eigenvalue weighted by atomic mass is 32.1. The summed E-state index contributed by atoms with van der Waals surface area (Å²) in [6.07, 6.45) is 0.879. The van der Waals surface area contributed by atoms with E-state index in [9.17, 15) is 0 Å². The van der Waals surface area contributed by atoms with E-state index in [-0.39, 0.29) is 0 Å². The van der Waals surface area contributed by atoms with Gasteiger partial charge in [-0.15, -0.1) is 0 Å². The number of hydroxylamine groups is 2. The van der Waals surface area contributed by atoms with E-state index < -0.39 is 0 Å². The molecule has 0 fully saturated rings. The predicted octanol–water partition coefficient (Wildman–Crippen LogP) is 1.99. The standard InChI is InChI=1S/C7H13NOS/c1-4-5-8(9)7(10)6(2)3/h9H,2,4-5H2,1,3H3. The minimum Gasteiger partial charge on any atom is -0.288 e. The number of hydrogen-bond acceptors (Lipinski definition) is 2. The first kappa shape index (κ1) is 9.59. The summed E-state index contributed by atoms with van der Waals surface area (Å²) in [7, 11) is 0. The van der Waals surface area contributed by atoms with Gasteiger partial charge in [-0.3, -0.25) is 5.21 Å². The molecule has 0 atom stereocenters. The quantitative estimate of drug-likeness (QED) is 0.387. The molecule has 0 aliphatic rings. The van der Waals surface area contributed by atoms with Crippen molar-refractivity contribution in [2.75, 3.05) is 6.54 Å². The number of nitrogens with zero attached hydrogens (tertiary/aromatic N) is 1. The fraction of sp³-hybridized carbons (Fsp3) is 0.571. The molecule has 0 aromatic rings. The molecule has 1 N–H and O–H groups in total. The highest BCUT2D eigenvalue weighted by molar-refractivity contribution is 7.80. The van der Waals surface area contributed by atoms with Crippen LogP contribution >= 0.6 is 12.2 Å². The van der Waals surface area contributed by atoms with Crippen LogP contribution in [0.5, 0.6) is 0 Å². The highest BCUT2D eigenvalue weighted by Crippen LogP contribution is 1.98. The van der Waals surface area contributed by atoms with Gasteiger partial charge < -0.3 is 0 Å². The molecule has 0 saturated carbocycles. The van der Waals surface area contributed by atoms with E-state index in [0.717, 1.165) is 17.1 Å². The number of hydrogen-bond donors (Lipinski definition) is 1. The Morgan fingerprint density at radius 1 is 1.70 bits per heavy atom. The number of rotatable bonds is 3. The zero-order valence-electron chi connectivity index (χ0n) is 6.42. The van der Waals surface area contributed by atoms with Crippen molar-refractivity contribution < 1.29 is 5.21 Å². The Labute approximate surface area is 67.1 Å². The van der Waals surface area contributed by atoms with E-state index in [0.29, 0.717) is 11.5 Å². The molecule has 0 heterocycles. The smallest absolute Gasteiger partial charge is 0.128 e. The Morgan fingerprint density at radius 3 is 2.50 bits per heavy atom. The van der Waals surface area contributed by atoms with Crippen LogP contribution in [-0.4, -0.2) is 21.8 Å². The third-order valence-corrected chi connectivity index (χ3v) is 1.59. The van der Waals surface area contributed by atoms with Crippen LogP contribution in [0.3, 0.4) is 0 Å². The number of thiocarbonyl (C=S) groups is 1.